The number of fused-ring (bicyclic) bond motifs is 2. The third kappa shape index (κ3) is 10.0. The van der Waals surface area contributed by atoms with Crippen molar-refractivity contribution < 1.29 is 38.4 Å². The first-order valence-electron chi connectivity index (χ1n) is 16.4. The van der Waals surface area contributed by atoms with E-state index in [0.717, 1.165) is 35.5 Å². The van der Waals surface area contributed by atoms with Gasteiger partial charge in [-0.15, -0.1) is 22.7 Å². The molecule has 2 aliphatic heterocycles. The third-order valence-corrected chi connectivity index (χ3v) is 19.6. The van der Waals surface area contributed by atoms with E-state index in [1.807, 2.05) is 13.8 Å². The van der Waals surface area contributed by atoms with Gasteiger partial charge < -0.3 is 4.74 Å². The van der Waals surface area contributed by atoms with Crippen LogP contribution in [0.2, 0.25) is 0 Å². The smallest absolute Gasteiger partial charge is 0.252 e. The summed E-state index contributed by atoms with van der Waals surface area (Å²) < 4.78 is 106. The number of sulfone groups is 2. The SMILES string of the molecule is C.CCN([C@H]1CN(CCCOC)S(=O)(=O)c2sc(S(N)(=O)=O)cc21)C(C)(C)C.CCN([C@H]1C[C@H](C)S(=O)(=O)c2sc(S(C)(=O)=O)cc21)C(C)(C)C. The van der Waals surface area contributed by atoms with Crippen LogP contribution >= 0.6 is 22.7 Å². The van der Waals surface area contributed by atoms with Gasteiger partial charge in [-0.3, -0.25) is 9.80 Å². The molecule has 0 aliphatic carbocycles. The summed E-state index contributed by atoms with van der Waals surface area (Å²) in [7, 11) is -13.1. The van der Waals surface area contributed by atoms with Crippen LogP contribution in [0.1, 0.15) is 106 Å². The Balaban J connectivity index is 0.000000351. The molecule has 0 unspecified atom stereocenters. The molecule has 2 aromatic rings. The van der Waals surface area contributed by atoms with E-state index in [1.165, 1.54) is 10.4 Å². The summed E-state index contributed by atoms with van der Waals surface area (Å²) in [6, 6.07) is 2.67. The third-order valence-electron chi connectivity index (χ3n) is 8.98. The zero-order valence-corrected chi connectivity index (χ0v) is 35.8. The predicted molar refractivity (Wildman–Crippen MR) is 206 cm³/mol. The van der Waals surface area contributed by atoms with Crippen molar-refractivity contribution >= 4 is 62.4 Å². The second kappa shape index (κ2) is 16.4. The zero-order valence-electron chi connectivity index (χ0n) is 30.9. The Bertz CT molecular complexity index is 1960. The van der Waals surface area contributed by atoms with Crippen LogP contribution < -0.4 is 5.14 Å². The maximum atomic E-state index is 13.1. The topological polar surface area (TPSA) is 182 Å². The molecule has 0 bridgehead atoms. The van der Waals surface area contributed by atoms with Crippen molar-refractivity contribution in [1.29, 1.82) is 0 Å². The molecule has 0 radical (unpaired) electrons. The van der Waals surface area contributed by atoms with E-state index in [2.05, 4.69) is 51.3 Å². The molecule has 0 saturated heterocycles. The second-order valence-corrected chi connectivity index (χ2v) is 25.5. The largest absolute Gasteiger partial charge is 0.385 e. The Labute approximate surface area is 315 Å². The molecule has 2 aliphatic rings. The minimum atomic E-state index is -3.98. The van der Waals surface area contributed by atoms with Gasteiger partial charge in [0.2, 0.25) is 10.0 Å². The molecule has 0 saturated carbocycles. The van der Waals surface area contributed by atoms with Crippen LogP contribution in [0.25, 0.3) is 0 Å². The Morgan fingerprint density at radius 1 is 0.882 bits per heavy atom. The Hall–Kier alpha value is -1.00. The average Bonchev–Trinajstić information content (AvgIpc) is 3.61. The zero-order chi connectivity index (χ0) is 38.4. The molecular formula is C32H58N4O9S6. The average molecular weight is 835 g/mol. The van der Waals surface area contributed by atoms with Gasteiger partial charge in [0.1, 0.15) is 16.8 Å². The number of ether oxygens (including phenoxy) is 1. The number of hydrogen-bond donors (Lipinski definition) is 1. The molecule has 51 heavy (non-hydrogen) atoms. The van der Waals surface area contributed by atoms with E-state index < -0.39 is 45.0 Å². The number of primary sulfonamides is 1. The standard InChI is InChI=1S/C16H29N3O5S3.C15H25NO4S3.CH4/c1-6-19(16(2,3)4)13-11-18(8-7-9-24-5)27(22,23)15-12(13)10-14(25-15)26(17,20)21;1-7-16(15(3,4)5)12-8-10(2)23(19,20)14-11(12)9-13(21-14)22(6,17)18;/h10,13H,6-9,11H2,1-5H3,(H2,17,20,21);9-10,12H,7-8H2,1-6H3;1H4/t13-;10-,12-;/m00./s1. The minimum Gasteiger partial charge on any atom is -0.385 e. The summed E-state index contributed by atoms with van der Waals surface area (Å²) in [4.78, 5) is 4.43. The van der Waals surface area contributed by atoms with Gasteiger partial charge in [0.25, 0.3) is 10.0 Å². The molecule has 0 aromatic carbocycles. The van der Waals surface area contributed by atoms with E-state index in [0.29, 0.717) is 43.7 Å². The monoisotopic (exact) mass is 834 g/mol. The minimum absolute atomic E-state index is 0. The van der Waals surface area contributed by atoms with Crippen molar-refractivity contribution in [2.75, 3.05) is 46.2 Å². The molecule has 2 aromatic heterocycles. The lowest BCUT2D eigenvalue weighted by atomic mass is 9.96. The van der Waals surface area contributed by atoms with Crippen molar-refractivity contribution in [2.24, 2.45) is 5.14 Å². The highest BCUT2D eigenvalue weighted by Gasteiger charge is 2.45. The summed E-state index contributed by atoms with van der Waals surface area (Å²) in [5.41, 5.74) is 0.804. The molecule has 3 atom stereocenters. The van der Waals surface area contributed by atoms with Crippen LogP contribution in [0.4, 0.5) is 0 Å². The highest BCUT2D eigenvalue weighted by atomic mass is 32.3. The van der Waals surface area contributed by atoms with Crippen LogP contribution in [0, 0.1) is 0 Å². The molecular weight excluding hydrogens is 777 g/mol. The fraction of sp³-hybridized carbons (Fsp3) is 0.750. The number of hydrogen-bond acceptors (Lipinski definition) is 13. The summed E-state index contributed by atoms with van der Waals surface area (Å²) >= 11 is 1.63. The second-order valence-electron chi connectivity index (χ2n) is 14.7. The fourth-order valence-electron chi connectivity index (χ4n) is 6.68. The van der Waals surface area contributed by atoms with Crippen LogP contribution in [-0.2, 0) is 44.5 Å². The van der Waals surface area contributed by atoms with Gasteiger partial charge in [0.05, 0.1) is 11.3 Å². The van der Waals surface area contributed by atoms with Crippen molar-refractivity contribution in [2.45, 2.75) is 128 Å². The number of rotatable bonds is 10. The van der Waals surface area contributed by atoms with Gasteiger partial charge in [0.15, 0.2) is 19.7 Å². The highest BCUT2D eigenvalue weighted by molar-refractivity contribution is 7.96. The maximum Gasteiger partial charge on any atom is 0.252 e. The number of methoxy groups -OCH3 is 1. The summed E-state index contributed by atoms with van der Waals surface area (Å²) in [5.74, 6) is 0. The first-order chi connectivity index (χ1) is 22.6. The summed E-state index contributed by atoms with van der Waals surface area (Å²) in [5, 5.41) is 4.76. The molecule has 0 spiro atoms. The normalized spacial score (nSPS) is 22.1. The molecule has 13 nitrogen and oxygen atoms in total. The molecule has 0 fully saturated rings. The number of nitrogens with zero attached hydrogens (tertiary/aromatic N) is 3. The van der Waals surface area contributed by atoms with E-state index in [4.69, 9.17) is 9.88 Å². The molecule has 296 valence electrons. The lowest BCUT2D eigenvalue weighted by molar-refractivity contribution is 0.0704. The van der Waals surface area contributed by atoms with Crippen molar-refractivity contribution in [3.63, 3.8) is 0 Å². The van der Waals surface area contributed by atoms with Crippen molar-refractivity contribution in [3.8, 4) is 0 Å². The van der Waals surface area contributed by atoms with Crippen LogP contribution in [0.5, 0.6) is 0 Å². The van der Waals surface area contributed by atoms with Crippen LogP contribution in [0.3, 0.4) is 0 Å². The van der Waals surface area contributed by atoms with E-state index in [9.17, 15) is 33.7 Å². The first-order valence-corrected chi connectivity index (χ1v) is 24.5. The molecule has 19 heteroatoms. The van der Waals surface area contributed by atoms with Crippen LogP contribution in [0.15, 0.2) is 29.0 Å². The van der Waals surface area contributed by atoms with Crippen LogP contribution in [-0.4, -0.2) is 110 Å². The van der Waals surface area contributed by atoms with Crippen molar-refractivity contribution in [1.82, 2.24) is 14.1 Å². The first kappa shape index (κ1) is 46.2. The highest BCUT2D eigenvalue weighted by Crippen LogP contribution is 2.47. The predicted octanol–water partition coefficient (Wildman–Crippen LogP) is 5.11. The van der Waals surface area contributed by atoms with E-state index in [1.54, 1.807) is 20.1 Å². The lowest BCUT2D eigenvalue weighted by Gasteiger charge is -2.44. The lowest BCUT2D eigenvalue weighted by Crippen LogP contribution is -2.51. The number of likely N-dealkylation sites (N-methyl/N-ethyl adjacent to an activating group) is 1. The maximum absolute atomic E-state index is 13.1. The van der Waals surface area contributed by atoms with Crippen molar-refractivity contribution in [3.05, 3.63) is 23.3 Å². The molecule has 2 N–H and O–H groups in total. The fourth-order valence-corrected chi connectivity index (χ4v) is 15.6. The number of nitrogens with two attached hydrogens (primary N) is 1. The van der Waals surface area contributed by atoms with Gasteiger partial charge in [-0.1, -0.05) is 21.3 Å². The van der Waals surface area contributed by atoms with Gasteiger partial charge in [-0.05, 0) is 86.5 Å². The molecule has 0 amide bonds. The number of thiophene rings is 2. The molecule has 4 rings (SSSR count). The van der Waals surface area contributed by atoms with E-state index >= 15 is 0 Å². The summed E-state index contributed by atoms with van der Waals surface area (Å²) in [6.07, 6.45) is 2.17. The quantitative estimate of drug-likeness (QED) is 0.314. The number of sulfonamides is 2. The van der Waals surface area contributed by atoms with Gasteiger partial charge in [-0.25, -0.2) is 38.8 Å². The molecule has 4 heterocycles. The Morgan fingerprint density at radius 3 is 1.80 bits per heavy atom. The van der Waals surface area contributed by atoms with Gasteiger partial charge in [0, 0.05) is 61.3 Å². The van der Waals surface area contributed by atoms with Gasteiger partial charge >= 0.3 is 0 Å². The Morgan fingerprint density at radius 2 is 1.35 bits per heavy atom. The Kier molecular flexibility index (Phi) is 14.8. The van der Waals surface area contributed by atoms with E-state index in [-0.39, 0.29) is 54.0 Å². The van der Waals surface area contributed by atoms with Gasteiger partial charge in [-0.2, -0.15) is 4.31 Å². The summed E-state index contributed by atoms with van der Waals surface area (Å²) in [6.45, 7) is 20.7.